The van der Waals surface area contributed by atoms with Gasteiger partial charge in [0, 0.05) is 18.1 Å². The molecule has 0 N–H and O–H groups in total. The highest BCUT2D eigenvalue weighted by Gasteiger charge is 2.33. The normalized spacial score (nSPS) is 25.9. The summed E-state index contributed by atoms with van der Waals surface area (Å²) < 4.78 is 0. The Balaban J connectivity index is 2.72. The van der Waals surface area contributed by atoms with Crippen molar-refractivity contribution in [1.29, 1.82) is 5.26 Å². The van der Waals surface area contributed by atoms with Crippen LogP contribution < -0.4 is 0 Å². The van der Waals surface area contributed by atoms with E-state index in [0.717, 1.165) is 25.6 Å². The zero-order valence-electron chi connectivity index (χ0n) is 12.7. The fourth-order valence-corrected chi connectivity index (χ4v) is 2.57. The molecule has 0 aromatic rings. The average Bonchev–Trinajstić information content (AvgIpc) is 2.38. The summed E-state index contributed by atoms with van der Waals surface area (Å²) in [6.45, 7) is 12.5. The summed E-state index contributed by atoms with van der Waals surface area (Å²) in [5.74, 6) is 0.746. The van der Waals surface area contributed by atoms with Crippen LogP contribution in [0.1, 0.15) is 47.0 Å². The quantitative estimate of drug-likeness (QED) is 0.769. The van der Waals surface area contributed by atoms with E-state index in [0.29, 0.717) is 12.5 Å². The summed E-state index contributed by atoms with van der Waals surface area (Å²) in [5.41, 5.74) is 0.257. The van der Waals surface area contributed by atoms with Crippen LogP contribution in [0.5, 0.6) is 0 Å². The highest BCUT2D eigenvalue weighted by molar-refractivity contribution is 4.93. The van der Waals surface area contributed by atoms with Crippen molar-refractivity contribution in [1.82, 2.24) is 9.80 Å². The Morgan fingerprint density at radius 1 is 1.39 bits per heavy atom. The van der Waals surface area contributed by atoms with Gasteiger partial charge in [-0.2, -0.15) is 5.26 Å². The Morgan fingerprint density at radius 3 is 2.61 bits per heavy atom. The van der Waals surface area contributed by atoms with E-state index < -0.39 is 0 Å². The largest absolute Gasteiger partial charge is 0.301 e. The van der Waals surface area contributed by atoms with Crippen molar-refractivity contribution in [2.45, 2.75) is 58.5 Å². The number of hydrogen-bond donors (Lipinski definition) is 0. The third kappa shape index (κ3) is 4.26. The van der Waals surface area contributed by atoms with Crippen molar-refractivity contribution in [3.63, 3.8) is 0 Å². The molecule has 18 heavy (non-hydrogen) atoms. The second-order valence-electron chi connectivity index (χ2n) is 6.69. The van der Waals surface area contributed by atoms with Crippen LogP contribution in [0.25, 0.3) is 0 Å². The van der Waals surface area contributed by atoms with Crippen LogP contribution >= 0.6 is 0 Å². The summed E-state index contributed by atoms with van der Waals surface area (Å²) in [6, 6.07) is 2.73. The lowest BCUT2D eigenvalue weighted by Gasteiger charge is -2.38. The van der Waals surface area contributed by atoms with E-state index in [1.807, 2.05) is 0 Å². The van der Waals surface area contributed by atoms with Crippen molar-refractivity contribution in [2.75, 3.05) is 26.7 Å². The van der Waals surface area contributed by atoms with Crippen molar-refractivity contribution >= 4 is 0 Å². The van der Waals surface area contributed by atoms with Crippen molar-refractivity contribution in [3.05, 3.63) is 0 Å². The highest BCUT2D eigenvalue weighted by Crippen LogP contribution is 2.26. The van der Waals surface area contributed by atoms with Gasteiger partial charge in [0.05, 0.1) is 12.5 Å². The van der Waals surface area contributed by atoms with E-state index in [1.54, 1.807) is 0 Å². The van der Waals surface area contributed by atoms with E-state index >= 15 is 0 Å². The summed E-state index contributed by atoms with van der Waals surface area (Å²) in [6.07, 6.45) is 3.07. The monoisotopic (exact) mass is 251 g/mol. The smallest absolute Gasteiger partial charge is 0.0638 e. The molecule has 0 radical (unpaired) electrons. The predicted molar refractivity (Wildman–Crippen MR) is 76.4 cm³/mol. The Morgan fingerprint density at radius 2 is 2.06 bits per heavy atom. The first-order valence-corrected chi connectivity index (χ1v) is 7.19. The molecular formula is C15H29N3. The van der Waals surface area contributed by atoms with Crippen LogP contribution in [0, 0.1) is 17.2 Å². The summed E-state index contributed by atoms with van der Waals surface area (Å²) >= 11 is 0. The maximum atomic E-state index is 8.97. The van der Waals surface area contributed by atoms with Gasteiger partial charge >= 0.3 is 0 Å². The van der Waals surface area contributed by atoms with Gasteiger partial charge in [-0.15, -0.1) is 0 Å². The first kappa shape index (κ1) is 15.5. The Kier molecular flexibility index (Phi) is 5.62. The van der Waals surface area contributed by atoms with Gasteiger partial charge in [0.15, 0.2) is 0 Å². The van der Waals surface area contributed by atoms with E-state index in [4.69, 9.17) is 5.26 Å². The lowest BCUT2D eigenvalue weighted by molar-refractivity contribution is 0.109. The van der Waals surface area contributed by atoms with Crippen LogP contribution in [-0.2, 0) is 0 Å². The first-order chi connectivity index (χ1) is 8.36. The highest BCUT2D eigenvalue weighted by atomic mass is 15.3. The second-order valence-corrected chi connectivity index (χ2v) is 6.69. The molecule has 1 atom stereocenters. The lowest BCUT2D eigenvalue weighted by Crippen LogP contribution is -2.47. The van der Waals surface area contributed by atoms with E-state index in [2.05, 4.69) is 50.6 Å². The molecule has 3 heteroatoms. The Bertz CT molecular complexity index is 291. The molecule has 1 saturated heterocycles. The van der Waals surface area contributed by atoms with Gasteiger partial charge in [0.1, 0.15) is 0 Å². The SMILES string of the molecule is CC(C)CCN1CC(CC#N)N(C)CCC1(C)C. The number of rotatable bonds is 4. The summed E-state index contributed by atoms with van der Waals surface area (Å²) in [4.78, 5) is 4.96. The van der Waals surface area contributed by atoms with Gasteiger partial charge in [0.2, 0.25) is 0 Å². The summed E-state index contributed by atoms with van der Waals surface area (Å²) in [5, 5.41) is 8.97. The number of likely N-dealkylation sites (N-methyl/N-ethyl adjacent to an activating group) is 1. The molecule has 0 amide bonds. The third-order valence-corrected chi connectivity index (χ3v) is 4.29. The second kappa shape index (κ2) is 6.54. The molecule has 1 rings (SSSR count). The predicted octanol–water partition coefficient (Wildman–Crippen LogP) is 2.73. The minimum Gasteiger partial charge on any atom is -0.301 e. The fraction of sp³-hybridized carbons (Fsp3) is 0.933. The number of nitriles is 1. The zero-order chi connectivity index (χ0) is 13.8. The van der Waals surface area contributed by atoms with E-state index in [1.165, 1.54) is 12.8 Å². The molecule has 0 bridgehead atoms. The minimum absolute atomic E-state index is 0.257. The molecule has 0 aromatic carbocycles. The molecule has 0 aromatic heterocycles. The molecule has 0 spiro atoms. The van der Waals surface area contributed by atoms with Gasteiger partial charge in [-0.05, 0) is 52.7 Å². The van der Waals surface area contributed by atoms with Crippen LogP contribution in [0.3, 0.4) is 0 Å². The van der Waals surface area contributed by atoms with Crippen LogP contribution in [0.15, 0.2) is 0 Å². The van der Waals surface area contributed by atoms with Gasteiger partial charge < -0.3 is 4.90 Å². The van der Waals surface area contributed by atoms with Crippen LogP contribution in [-0.4, -0.2) is 48.1 Å². The van der Waals surface area contributed by atoms with E-state index in [-0.39, 0.29) is 5.54 Å². The van der Waals surface area contributed by atoms with Crippen molar-refractivity contribution in [3.8, 4) is 6.07 Å². The number of nitrogens with zero attached hydrogens (tertiary/aromatic N) is 3. The first-order valence-electron chi connectivity index (χ1n) is 7.19. The van der Waals surface area contributed by atoms with Gasteiger partial charge in [-0.1, -0.05) is 13.8 Å². The molecule has 1 heterocycles. The maximum absolute atomic E-state index is 8.97. The lowest BCUT2D eigenvalue weighted by atomic mass is 9.97. The summed E-state index contributed by atoms with van der Waals surface area (Å²) in [7, 11) is 2.16. The fourth-order valence-electron chi connectivity index (χ4n) is 2.57. The molecule has 0 saturated carbocycles. The Labute approximate surface area is 113 Å². The topological polar surface area (TPSA) is 30.3 Å². The zero-order valence-corrected chi connectivity index (χ0v) is 12.7. The van der Waals surface area contributed by atoms with Crippen molar-refractivity contribution < 1.29 is 0 Å². The van der Waals surface area contributed by atoms with Gasteiger partial charge in [-0.3, -0.25) is 4.90 Å². The minimum atomic E-state index is 0.257. The molecule has 1 aliphatic rings. The van der Waals surface area contributed by atoms with Gasteiger partial charge in [0.25, 0.3) is 0 Å². The van der Waals surface area contributed by atoms with Crippen molar-refractivity contribution in [2.24, 2.45) is 5.92 Å². The standard InChI is InChI=1S/C15H29N3/c1-13(2)7-10-18-12-14(6-9-16)17(5)11-8-15(18,3)4/h13-14H,6-8,10-12H2,1-5H3. The van der Waals surface area contributed by atoms with E-state index in [9.17, 15) is 0 Å². The Hall–Kier alpha value is -0.590. The maximum Gasteiger partial charge on any atom is 0.0638 e. The average molecular weight is 251 g/mol. The van der Waals surface area contributed by atoms with Gasteiger partial charge in [-0.25, -0.2) is 0 Å². The molecular weight excluding hydrogens is 222 g/mol. The molecule has 1 unspecified atom stereocenters. The molecule has 1 fully saturated rings. The van der Waals surface area contributed by atoms with Crippen LogP contribution in [0.2, 0.25) is 0 Å². The third-order valence-electron chi connectivity index (χ3n) is 4.29. The molecule has 0 aliphatic carbocycles. The number of hydrogen-bond acceptors (Lipinski definition) is 3. The molecule has 1 aliphatic heterocycles. The molecule has 104 valence electrons. The van der Waals surface area contributed by atoms with Crippen LogP contribution in [0.4, 0.5) is 0 Å². The molecule has 3 nitrogen and oxygen atoms in total.